The van der Waals surface area contributed by atoms with Crippen molar-refractivity contribution >= 4 is 23.6 Å². The van der Waals surface area contributed by atoms with Crippen LogP contribution in [0.3, 0.4) is 0 Å². The summed E-state index contributed by atoms with van der Waals surface area (Å²) in [6.07, 6.45) is 7.43. The van der Waals surface area contributed by atoms with Crippen molar-refractivity contribution in [3.05, 3.63) is 0 Å². The van der Waals surface area contributed by atoms with Gasteiger partial charge in [0.1, 0.15) is 0 Å². The number of amides is 1. The molecule has 0 radical (unpaired) electrons. The summed E-state index contributed by atoms with van der Waals surface area (Å²) in [5.74, 6) is -0.0793. The Labute approximate surface area is 119 Å². The number of rotatable bonds is 6. The number of aliphatic carboxylic acids is 1. The van der Waals surface area contributed by atoms with E-state index in [-0.39, 0.29) is 18.4 Å². The Morgan fingerprint density at radius 2 is 1.84 bits per heavy atom. The monoisotopic (exact) mass is 287 g/mol. The first-order chi connectivity index (χ1) is 9.02. The predicted octanol–water partition coefficient (Wildman–Crippen LogP) is 2.53. The maximum Gasteiger partial charge on any atom is 0.311 e. The highest BCUT2D eigenvalue weighted by atomic mass is 32.2. The Morgan fingerprint density at radius 3 is 2.32 bits per heavy atom. The van der Waals surface area contributed by atoms with E-state index in [2.05, 4.69) is 5.32 Å². The van der Waals surface area contributed by atoms with Gasteiger partial charge in [-0.05, 0) is 19.1 Å². The fourth-order valence-corrected chi connectivity index (χ4v) is 3.28. The van der Waals surface area contributed by atoms with Crippen molar-refractivity contribution in [3.63, 3.8) is 0 Å². The first-order valence-corrected chi connectivity index (χ1v) is 8.41. The summed E-state index contributed by atoms with van der Waals surface area (Å²) >= 11 is 1.63. The number of carbonyl (C=O) groups excluding carboxylic acids is 1. The molecule has 1 amide bonds. The second-order valence-corrected chi connectivity index (χ2v) is 6.48. The van der Waals surface area contributed by atoms with Crippen LogP contribution in [0.4, 0.5) is 0 Å². The molecule has 0 bridgehead atoms. The second kappa shape index (κ2) is 7.78. The van der Waals surface area contributed by atoms with Crippen LogP contribution in [0.5, 0.6) is 0 Å². The molecule has 0 saturated heterocycles. The normalized spacial score (nSPS) is 20.3. The number of thioether (sulfide) groups is 1. The molecule has 0 aromatic rings. The van der Waals surface area contributed by atoms with E-state index in [4.69, 9.17) is 0 Å². The molecule has 1 aliphatic rings. The van der Waals surface area contributed by atoms with Crippen LogP contribution in [-0.4, -0.2) is 35.5 Å². The summed E-state index contributed by atoms with van der Waals surface area (Å²) in [6.45, 7) is 2.16. The summed E-state index contributed by atoms with van der Waals surface area (Å²) in [5.41, 5.74) is -0.745. The van der Waals surface area contributed by atoms with Crippen LogP contribution in [0.25, 0.3) is 0 Å². The molecular weight excluding hydrogens is 262 g/mol. The summed E-state index contributed by atoms with van der Waals surface area (Å²) < 4.78 is 0. The van der Waals surface area contributed by atoms with Crippen molar-refractivity contribution in [1.29, 1.82) is 0 Å². The van der Waals surface area contributed by atoms with Gasteiger partial charge in [0.15, 0.2) is 0 Å². The Bertz CT molecular complexity index is 312. The molecule has 1 aliphatic carbocycles. The molecular formula is C14H25NO3S. The average Bonchev–Trinajstić information content (AvgIpc) is 2.62. The molecule has 1 fully saturated rings. The fourth-order valence-electron chi connectivity index (χ4n) is 2.63. The van der Waals surface area contributed by atoms with Crippen molar-refractivity contribution in [2.45, 2.75) is 45.4 Å². The minimum atomic E-state index is -0.757. The first kappa shape index (κ1) is 16.3. The zero-order valence-corrected chi connectivity index (χ0v) is 12.7. The van der Waals surface area contributed by atoms with Gasteiger partial charge in [-0.3, -0.25) is 9.59 Å². The van der Waals surface area contributed by atoms with Crippen LogP contribution >= 0.6 is 11.8 Å². The minimum Gasteiger partial charge on any atom is -0.481 e. The van der Waals surface area contributed by atoms with E-state index in [9.17, 15) is 14.7 Å². The second-order valence-electron chi connectivity index (χ2n) is 5.57. The molecule has 0 aromatic carbocycles. The zero-order chi connectivity index (χ0) is 14.3. The van der Waals surface area contributed by atoms with Crippen molar-refractivity contribution in [2.75, 3.05) is 18.6 Å². The van der Waals surface area contributed by atoms with Gasteiger partial charge in [-0.2, -0.15) is 11.8 Å². The van der Waals surface area contributed by atoms with E-state index in [1.807, 2.05) is 13.2 Å². The molecule has 1 saturated carbocycles. The standard InChI is InChI=1S/C14H25NO3S/c1-11(9-19-2)12(16)15-10-14(13(17)18)7-5-3-4-6-8-14/h11H,3-10H2,1-2H3,(H,15,16)(H,17,18). The zero-order valence-electron chi connectivity index (χ0n) is 11.9. The minimum absolute atomic E-state index is 0.0285. The van der Waals surface area contributed by atoms with Gasteiger partial charge in [-0.15, -0.1) is 0 Å². The number of nitrogens with one attached hydrogen (secondary N) is 1. The van der Waals surface area contributed by atoms with Gasteiger partial charge >= 0.3 is 5.97 Å². The largest absolute Gasteiger partial charge is 0.481 e. The van der Waals surface area contributed by atoms with Gasteiger partial charge in [-0.1, -0.05) is 32.6 Å². The van der Waals surface area contributed by atoms with Crippen molar-refractivity contribution in [3.8, 4) is 0 Å². The number of carboxylic acid groups (broad SMARTS) is 1. The molecule has 5 heteroatoms. The number of hydrogen-bond acceptors (Lipinski definition) is 3. The third-order valence-corrected chi connectivity index (χ3v) is 4.81. The SMILES string of the molecule is CSCC(C)C(=O)NCC1(C(=O)O)CCCCCC1. The molecule has 0 aliphatic heterocycles. The fraction of sp³-hybridized carbons (Fsp3) is 0.857. The van der Waals surface area contributed by atoms with Gasteiger partial charge in [0.05, 0.1) is 5.41 Å². The highest BCUT2D eigenvalue weighted by molar-refractivity contribution is 7.98. The number of hydrogen-bond donors (Lipinski definition) is 2. The van der Waals surface area contributed by atoms with E-state index in [0.29, 0.717) is 12.8 Å². The Morgan fingerprint density at radius 1 is 1.26 bits per heavy atom. The van der Waals surface area contributed by atoms with Crippen LogP contribution in [0.2, 0.25) is 0 Å². The molecule has 0 aromatic heterocycles. The van der Waals surface area contributed by atoms with Crippen LogP contribution < -0.4 is 5.32 Å². The molecule has 4 nitrogen and oxygen atoms in total. The Balaban J connectivity index is 2.58. The molecule has 19 heavy (non-hydrogen) atoms. The van der Waals surface area contributed by atoms with Crippen LogP contribution in [0.15, 0.2) is 0 Å². The predicted molar refractivity (Wildman–Crippen MR) is 78.3 cm³/mol. The summed E-state index contributed by atoms with van der Waals surface area (Å²) in [4.78, 5) is 23.5. The molecule has 2 N–H and O–H groups in total. The van der Waals surface area contributed by atoms with Crippen molar-refractivity contribution in [2.24, 2.45) is 11.3 Å². The van der Waals surface area contributed by atoms with Crippen LogP contribution in [-0.2, 0) is 9.59 Å². The molecule has 1 atom stereocenters. The van der Waals surface area contributed by atoms with E-state index < -0.39 is 11.4 Å². The van der Waals surface area contributed by atoms with Crippen molar-refractivity contribution in [1.82, 2.24) is 5.32 Å². The van der Waals surface area contributed by atoms with Gasteiger partial charge in [0.25, 0.3) is 0 Å². The Hall–Kier alpha value is -0.710. The summed E-state index contributed by atoms with van der Waals surface area (Å²) in [7, 11) is 0. The van der Waals surface area contributed by atoms with Gasteiger partial charge in [0, 0.05) is 18.2 Å². The lowest BCUT2D eigenvalue weighted by atomic mass is 9.80. The maximum absolute atomic E-state index is 11.9. The summed E-state index contributed by atoms with van der Waals surface area (Å²) in [6, 6.07) is 0. The highest BCUT2D eigenvalue weighted by Gasteiger charge is 2.39. The van der Waals surface area contributed by atoms with Crippen LogP contribution in [0, 0.1) is 11.3 Å². The van der Waals surface area contributed by atoms with Crippen molar-refractivity contribution < 1.29 is 14.7 Å². The lowest BCUT2D eigenvalue weighted by Crippen LogP contribution is -2.44. The first-order valence-electron chi connectivity index (χ1n) is 7.02. The average molecular weight is 287 g/mol. The van der Waals surface area contributed by atoms with Crippen LogP contribution in [0.1, 0.15) is 45.4 Å². The van der Waals surface area contributed by atoms with E-state index in [1.165, 1.54) is 0 Å². The van der Waals surface area contributed by atoms with Gasteiger partial charge in [0.2, 0.25) is 5.91 Å². The molecule has 110 valence electrons. The highest BCUT2D eigenvalue weighted by Crippen LogP contribution is 2.34. The van der Waals surface area contributed by atoms with E-state index in [0.717, 1.165) is 31.4 Å². The van der Waals surface area contributed by atoms with Gasteiger partial charge < -0.3 is 10.4 Å². The lowest BCUT2D eigenvalue weighted by molar-refractivity contribution is -0.150. The lowest BCUT2D eigenvalue weighted by Gasteiger charge is -2.28. The third kappa shape index (κ3) is 4.71. The Kier molecular flexibility index (Phi) is 6.69. The molecule has 1 unspecified atom stereocenters. The van der Waals surface area contributed by atoms with E-state index in [1.54, 1.807) is 11.8 Å². The number of carboxylic acids is 1. The molecule has 1 rings (SSSR count). The van der Waals surface area contributed by atoms with E-state index >= 15 is 0 Å². The number of carbonyl (C=O) groups is 2. The molecule has 0 spiro atoms. The topological polar surface area (TPSA) is 66.4 Å². The maximum atomic E-state index is 11.9. The van der Waals surface area contributed by atoms with Gasteiger partial charge in [-0.25, -0.2) is 0 Å². The summed E-state index contributed by atoms with van der Waals surface area (Å²) in [5, 5.41) is 12.4. The molecule has 0 heterocycles. The smallest absolute Gasteiger partial charge is 0.311 e. The third-order valence-electron chi connectivity index (χ3n) is 3.98. The quantitative estimate of drug-likeness (QED) is 0.737.